The number of carbonyl (C=O) groups excluding carboxylic acids is 1. The molecule has 2 aliphatic heterocycles. The van der Waals surface area contributed by atoms with Gasteiger partial charge in [0, 0.05) is 47.7 Å². The number of likely N-dealkylation sites (N-methyl/N-ethyl adjacent to an activating group) is 2. The molecular formula is C31H30N2O. The van der Waals surface area contributed by atoms with Gasteiger partial charge in [0.25, 0.3) is 0 Å². The van der Waals surface area contributed by atoms with Crippen LogP contribution in [0.1, 0.15) is 49.9 Å². The number of carbonyl (C=O) groups is 1. The largest absolute Gasteiger partial charge is 0.346 e. The molecule has 0 N–H and O–H groups in total. The molecule has 0 fully saturated rings. The molecule has 3 aliphatic rings. The van der Waals surface area contributed by atoms with Crippen molar-refractivity contribution >= 4 is 28.3 Å². The minimum absolute atomic E-state index is 0.131. The number of anilines is 2. The standard InChI is InChI=1S/C31H30N2O/c1-30(2)21-15-9-11-17-23(21)32(5)28(30)25-19-13-7-8-14-20(19)26(27(25)34)29-31(3,4)22-16-10-12-18-24(22)33(29)6/h7-18H,1-6H3/b28-25+,29-26+. The number of hydrogen-bond donors (Lipinski definition) is 0. The lowest BCUT2D eigenvalue weighted by Crippen LogP contribution is -2.27. The van der Waals surface area contributed by atoms with E-state index in [-0.39, 0.29) is 16.6 Å². The quantitative estimate of drug-likeness (QED) is 0.366. The van der Waals surface area contributed by atoms with E-state index in [1.54, 1.807) is 0 Å². The van der Waals surface area contributed by atoms with Gasteiger partial charge in [-0.15, -0.1) is 0 Å². The maximum atomic E-state index is 14.5. The first-order chi connectivity index (χ1) is 16.2. The van der Waals surface area contributed by atoms with E-state index >= 15 is 0 Å². The Morgan fingerprint density at radius 2 is 0.912 bits per heavy atom. The molecule has 3 heteroatoms. The molecule has 3 aromatic carbocycles. The van der Waals surface area contributed by atoms with Crippen molar-refractivity contribution in [1.82, 2.24) is 0 Å². The van der Waals surface area contributed by atoms with Crippen LogP contribution in [0.2, 0.25) is 0 Å². The molecule has 0 saturated carbocycles. The molecule has 2 heterocycles. The SMILES string of the molecule is CN1/C(=C2/C(=O)/C(=C3/N(C)c4ccccc4C3(C)C)c3ccccc32)C(C)(C)c2ccccc21. The summed E-state index contributed by atoms with van der Waals surface area (Å²) in [5, 5.41) is 0. The maximum absolute atomic E-state index is 14.5. The van der Waals surface area contributed by atoms with Crippen molar-refractivity contribution in [3.05, 3.63) is 106 Å². The average Bonchev–Trinajstić information content (AvgIpc) is 3.29. The lowest BCUT2D eigenvalue weighted by atomic mass is 9.80. The molecule has 0 spiro atoms. The van der Waals surface area contributed by atoms with Crippen LogP contribution < -0.4 is 9.80 Å². The molecule has 34 heavy (non-hydrogen) atoms. The second kappa shape index (κ2) is 6.73. The molecule has 0 bridgehead atoms. The van der Waals surface area contributed by atoms with Gasteiger partial charge in [0.15, 0.2) is 5.78 Å². The molecule has 3 nitrogen and oxygen atoms in total. The average molecular weight is 447 g/mol. The Bertz CT molecular complexity index is 1350. The molecule has 0 saturated heterocycles. The van der Waals surface area contributed by atoms with Crippen molar-refractivity contribution < 1.29 is 4.79 Å². The molecule has 1 aliphatic carbocycles. The van der Waals surface area contributed by atoms with Crippen LogP contribution in [0, 0.1) is 0 Å². The number of para-hydroxylation sites is 2. The van der Waals surface area contributed by atoms with Crippen molar-refractivity contribution in [2.24, 2.45) is 0 Å². The summed E-state index contributed by atoms with van der Waals surface area (Å²) in [5.41, 5.74) is 10.2. The Morgan fingerprint density at radius 3 is 1.29 bits per heavy atom. The van der Waals surface area contributed by atoms with Gasteiger partial charge >= 0.3 is 0 Å². The zero-order valence-corrected chi connectivity index (χ0v) is 20.7. The molecule has 6 rings (SSSR count). The van der Waals surface area contributed by atoms with E-state index in [2.05, 4.69) is 112 Å². The van der Waals surface area contributed by atoms with Gasteiger partial charge in [-0.05, 0) is 34.4 Å². The highest BCUT2D eigenvalue weighted by molar-refractivity contribution is 6.49. The molecule has 0 unspecified atom stereocenters. The number of nitrogens with zero attached hydrogens (tertiary/aromatic N) is 2. The van der Waals surface area contributed by atoms with E-state index in [9.17, 15) is 4.79 Å². The summed E-state index contributed by atoms with van der Waals surface area (Å²) in [6.07, 6.45) is 0. The lowest BCUT2D eigenvalue weighted by molar-refractivity contribution is -0.108. The second-order valence-electron chi connectivity index (χ2n) is 10.7. The molecule has 170 valence electrons. The van der Waals surface area contributed by atoms with Gasteiger partial charge in [-0.1, -0.05) is 88.4 Å². The minimum Gasteiger partial charge on any atom is -0.346 e. The van der Waals surface area contributed by atoms with Crippen LogP contribution in [0.5, 0.6) is 0 Å². The smallest absolute Gasteiger partial charge is 0.197 e. The number of ketones is 1. The molecule has 0 amide bonds. The van der Waals surface area contributed by atoms with Gasteiger partial charge in [0.05, 0.1) is 11.1 Å². The third-order valence-corrected chi connectivity index (χ3v) is 8.13. The Hall–Kier alpha value is -3.59. The van der Waals surface area contributed by atoms with E-state index in [4.69, 9.17) is 0 Å². The maximum Gasteiger partial charge on any atom is 0.197 e. The Morgan fingerprint density at radius 1 is 0.559 bits per heavy atom. The number of rotatable bonds is 0. The van der Waals surface area contributed by atoms with Crippen molar-refractivity contribution in [1.29, 1.82) is 0 Å². The first-order valence-corrected chi connectivity index (χ1v) is 12.0. The van der Waals surface area contributed by atoms with E-state index in [1.807, 2.05) is 12.1 Å². The summed E-state index contributed by atoms with van der Waals surface area (Å²) in [6.45, 7) is 8.95. The van der Waals surface area contributed by atoms with Gasteiger partial charge in [-0.25, -0.2) is 0 Å². The van der Waals surface area contributed by atoms with Gasteiger partial charge < -0.3 is 9.80 Å². The summed E-state index contributed by atoms with van der Waals surface area (Å²) < 4.78 is 0. The van der Waals surface area contributed by atoms with Gasteiger partial charge in [0.1, 0.15) is 0 Å². The van der Waals surface area contributed by atoms with E-state index in [0.29, 0.717) is 0 Å². The van der Waals surface area contributed by atoms with Crippen LogP contribution >= 0.6 is 0 Å². The number of hydrogen-bond acceptors (Lipinski definition) is 3. The van der Waals surface area contributed by atoms with E-state index < -0.39 is 0 Å². The van der Waals surface area contributed by atoms with Crippen LogP contribution in [-0.4, -0.2) is 19.9 Å². The lowest BCUT2D eigenvalue weighted by Gasteiger charge is -2.27. The number of fused-ring (bicyclic) bond motifs is 3. The van der Waals surface area contributed by atoms with Crippen molar-refractivity contribution in [3.63, 3.8) is 0 Å². The van der Waals surface area contributed by atoms with Crippen LogP contribution in [-0.2, 0) is 15.6 Å². The predicted molar refractivity (Wildman–Crippen MR) is 141 cm³/mol. The first-order valence-electron chi connectivity index (χ1n) is 12.0. The Kier molecular flexibility index (Phi) is 4.15. The Labute approximate surface area is 202 Å². The molecule has 0 atom stereocenters. The highest BCUT2D eigenvalue weighted by atomic mass is 16.1. The molecule has 0 aromatic heterocycles. The van der Waals surface area contributed by atoms with Crippen LogP contribution in [0.25, 0.3) is 11.1 Å². The number of Topliss-reactive ketones (excluding diaryl/α,β-unsaturated/α-hetero) is 1. The summed E-state index contributed by atoms with van der Waals surface area (Å²) in [4.78, 5) is 19.0. The second-order valence-corrected chi connectivity index (χ2v) is 10.7. The fraction of sp³-hybridized carbons (Fsp3) is 0.258. The fourth-order valence-electron chi connectivity index (χ4n) is 6.64. The van der Waals surface area contributed by atoms with Crippen LogP contribution in [0.15, 0.2) is 84.2 Å². The topological polar surface area (TPSA) is 23.6 Å². The molecule has 0 radical (unpaired) electrons. The zero-order valence-electron chi connectivity index (χ0n) is 20.7. The van der Waals surface area contributed by atoms with Crippen LogP contribution in [0.3, 0.4) is 0 Å². The summed E-state index contributed by atoms with van der Waals surface area (Å²) >= 11 is 0. The highest BCUT2D eigenvalue weighted by Crippen LogP contribution is 2.56. The first kappa shape index (κ1) is 21.0. The molecular weight excluding hydrogens is 416 g/mol. The van der Waals surface area contributed by atoms with Crippen molar-refractivity contribution in [3.8, 4) is 0 Å². The monoisotopic (exact) mass is 446 g/mol. The van der Waals surface area contributed by atoms with Gasteiger partial charge in [-0.2, -0.15) is 0 Å². The molecule has 3 aromatic rings. The summed E-state index contributed by atoms with van der Waals surface area (Å²) in [6, 6.07) is 25.3. The van der Waals surface area contributed by atoms with Gasteiger partial charge in [-0.3, -0.25) is 4.79 Å². The predicted octanol–water partition coefficient (Wildman–Crippen LogP) is 6.55. The van der Waals surface area contributed by atoms with Crippen LogP contribution in [0.4, 0.5) is 11.4 Å². The minimum atomic E-state index is -0.274. The van der Waals surface area contributed by atoms with Crippen molar-refractivity contribution in [2.75, 3.05) is 23.9 Å². The third kappa shape index (κ3) is 2.45. The normalized spacial score (nSPS) is 23.9. The van der Waals surface area contributed by atoms with Crippen molar-refractivity contribution in [2.45, 2.75) is 38.5 Å². The Balaban J connectivity index is 1.67. The zero-order chi connectivity index (χ0) is 24.0. The highest BCUT2D eigenvalue weighted by Gasteiger charge is 2.48. The van der Waals surface area contributed by atoms with E-state index in [0.717, 1.165) is 33.7 Å². The fourth-order valence-corrected chi connectivity index (χ4v) is 6.64. The summed E-state index contributed by atoms with van der Waals surface area (Å²) in [7, 11) is 4.19. The third-order valence-electron chi connectivity index (χ3n) is 8.13. The van der Waals surface area contributed by atoms with E-state index in [1.165, 1.54) is 22.5 Å². The summed E-state index contributed by atoms with van der Waals surface area (Å²) in [5.74, 6) is 0.131. The number of allylic oxidation sites excluding steroid dienone is 4. The van der Waals surface area contributed by atoms with Gasteiger partial charge in [0.2, 0.25) is 0 Å². The number of benzene rings is 3.